The summed E-state index contributed by atoms with van der Waals surface area (Å²) in [7, 11) is -4.48. The molecule has 26 heteroatoms. The Bertz CT molecular complexity index is 2050. The maximum atomic E-state index is 15.9. The van der Waals surface area contributed by atoms with Gasteiger partial charge in [0, 0.05) is 14.7 Å². The van der Waals surface area contributed by atoms with Crippen LogP contribution in [-0.4, -0.2) is 71.4 Å². The molecule has 0 atom stereocenters. The summed E-state index contributed by atoms with van der Waals surface area (Å²) in [6.45, 7) is 4.91. The number of carbonyl (C=O) groups excluding carboxylic acids is 1. The van der Waals surface area contributed by atoms with Gasteiger partial charge >= 0.3 is 71.4 Å². The Balaban J connectivity index is 2.38. The Labute approximate surface area is 355 Å². The summed E-state index contributed by atoms with van der Waals surface area (Å²) >= 11 is 0. The van der Waals surface area contributed by atoms with Crippen LogP contribution in [0.1, 0.15) is 56.7 Å². The first-order valence-corrected chi connectivity index (χ1v) is 20.0. The highest BCUT2D eigenvalue weighted by Gasteiger charge is 2.99. The van der Waals surface area contributed by atoms with E-state index in [-0.39, 0.29) is 41.7 Å². The van der Waals surface area contributed by atoms with Gasteiger partial charge in [-0.1, -0.05) is 88.6 Å². The third kappa shape index (κ3) is 8.25. The van der Waals surface area contributed by atoms with Crippen LogP contribution in [0.15, 0.2) is 87.5 Å². The van der Waals surface area contributed by atoms with E-state index in [1.165, 1.54) is 24.3 Å². The minimum absolute atomic E-state index is 0.0425. The van der Waals surface area contributed by atoms with E-state index in [1.807, 2.05) is 0 Å². The maximum Gasteiger partial charge on any atom is 0.460 e. The van der Waals surface area contributed by atoms with Crippen molar-refractivity contribution in [1.29, 1.82) is 0 Å². The van der Waals surface area contributed by atoms with Crippen LogP contribution in [0.2, 0.25) is 0 Å². The second kappa shape index (κ2) is 17.8. The molecule has 0 saturated carbocycles. The van der Waals surface area contributed by atoms with Gasteiger partial charge in [-0.25, -0.2) is 4.79 Å². The highest BCUT2D eigenvalue weighted by molar-refractivity contribution is 8.30. The van der Waals surface area contributed by atoms with E-state index in [0.717, 1.165) is 48.5 Å². The van der Waals surface area contributed by atoms with Crippen molar-refractivity contribution in [2.45, 2.75) is 139 Å². The second-order valence-corrected chi connectivity index (χ2v) is 16.9. The molecule has 0 N–H and O–H groups in total. The summed E-state index contributed by atoms with van der Waals surface area (Å²) in [5.41, 5.74) is 0.853. The lowest BCUT2D eigenvalue weighted by Crippen LogP contribution is -2.78. The van der Waals surface area contributed by atoms with Crippen LogP contribution in [0.25, 0.3) is 0 Å². The first-order chi connectivity index (χ1) is 29.3. The Morgan fingerprint density at radius 1 is 0.431 bits per heavy atom. The van der Waals surface area contributed by atoms with Crippen LogP contribution in [0.4, 0.5) is 101 Å². The van der Waals surface area contributed by atoms with Crippen molar-refractivity contribution in [3.63, 3.8) is 0 Å². The van der Waals surface area contributed by atoms with Gasteiger partial charge in [0.15, 0.2) is 0 Å². The molecule has 0 unspecified atom stereocenters. The fourth-order valence-corrected chi connectivity index (χ4v) is 9.81. The monoisotopic (exact) mass is 1000 g/mol. The summed E-state index contributed by atoms with van der Waals surface area (Å²) < 4.78 is 333. The zero-order chi connectivity index (χ0) is 50.5. The van der Waals surface area contributed by atoms with Gasteiger partial charge in [-0.05, 0) is 70.5 Å². The molecule has 0 saturated heterocycles. The molecule has 3 aromatic rings. The number of rotatable bonds is 20. The van der Waals surface area contributed by atoms with Gasteiger partial charge in [-0.3, -0.25) is 0 Å². The lowest BCUT2D eigenvalue weighted by molar-refractivity contribution is -0.477. The van der Waals surface area contributed by atoms with E-state index in [1.54, 1.807) is 20.8 Å². The summed E-state index contributed by atoms with van der Waals surface area (Å²) in [4.78, 5) is 12.5. The first kappa shape index (κ1) is 55.2. The number of aryl methyl sites for hydroxylation is 3. The van der Waals surface area contributed by atoms with Gasteiger partial charge in [0.05, 0.1) is 0 Å². The molecule has 0 fully saturated rings. The predicted molar refractivity (Wildman–Crippen MR) is 185 cm³/mol. The molecule has 0 aliphatic heterocycles. The molecule has 65 heavy (non-hydrogen) atoms. The quantitative estimate of drug-likeness (QED) is 0.105. The molecule has 0 spiro atoms. The zero-order valence-corrected chi connectivity index (χ0v) is 33.9. The third-order valence-electron chi connectivity index (χ3n) is 9.68. The van der Waals surface area contributed by atoms with E-state index in [0.29, 0.717) is 18.4 Å². The summed E-state index contributed by atoms with van der Waals surface area (Å²) in [6.07, 6.45) is -7.02. The fourth-order valence-electron chi connectivity index (χ4n) is 6.32. The topological polar surface area (TPSA) is 26.3 Å². The standard InChI is InChI=1S/C39H33F23O2S/c1-4-13-22-20-23(14-5-2)27(24(21-22)15-6-3)65(25-16-9-7-10-17-25,26-18-11-8-12-19-26)64-28(63)29(40,41)30(42,43)31(44,45)32(46,47)33(48,49)34(50,51)35(52,53)36(54,55)37(56,57)38(58,59)39(60,61)62/h7-12,16-21H,4-6,13-15H2,1-3H3. The Hall–Kier alpha value is -4.13. The van der Waals surface area contributed by atoms with Crippen molar-refractivity contribution in [2.24, 2.45) is 0 Å². The van der Waals surface area contributed by atoms with Crippen molar-refractivity contribution < 1.29 is 110 Å². The van der Waals surface area contributed by atoms with E-state index >= 15 is 26.3 Å². The van der Waals surface area contributed by atoms with Crippen LogP contribution in [-0.2, 0) is 28.2 Å². The SMILES string of the molecule is CCCc1cc(CCC)c(S(OC(=O)C(F)(F)C(F)(F)C(F)(F)C(F)(F)C(F)(F)C(F)(F)C(F)(F)C(F)(F)C(F)(F)C(F)(F)C(F)(F)F)(c2ccccc2)c2ccccc2)c(CCC)c1. The number of alkyl halides is 23. The predicted octanol–water partition coefficient (Wildman–Crippen LogP) is 15.2. The molecule has 0 heterocycles. The van der Waals surface area contributed by atoms with Crippen molar-refractivity contribution in [2.75, 3.05) is 0 Å². The minimum Gasteiger partial charge on any atom is -0.397 e. The van der Waals surface area contributed by atoms with Crippen molar-refractivity contribution in [1.82, 2.24) is 0 Å². The Morgan fingerprint density at radius 3 is 1.02 bits per heavy atom. The number of halogens is 23. The summed E-state index contributed by atoms with van der Waals surface area (Å²) in [5.74, 6) is -94.5. The highest BCUT2D eigenvalue weighted by Crippen LogP contribution is 2.73. The zero-order valence-electron chi connectivity index (χ0n) is 33.1. The first-order valence-electron chi connectivity index (χ1n) is 18.4. The number of hydrogen-bond donors (Lipinski definition) is 0. The Morgan fingerprint density at radius 2 is 0.723 bits per heavy atom. The summed E-state index contributed by atoms with van der Waals surface area (Å²) in [6, 6.07) is 14.3. The van der Waals surface area contributed by atoms with Gasteiger partial charge < -0.3 is 4.18 Å². The average molecular weight is 1000 g/mol. The molecule has 368 valence electrons. The van der Waals surface area contributed by atoms with E-state index in [4.69, 9.17) is 4.18 Å². The molecular weight excluding hydrogens is 969 g/mol. The lowest BCUT2D eigenvalue weighted by atomic mass is 9.85. The third-order valence-corrected chi connectivity index (χ3v) is 13.1. The molecule has 2 nitrogen and oxygen atoms in total. The molecule has 3 rings (SSSR count). The van der Waals surface area contributed by atoms with Gasteiger partial charge in [0.1, 0.15) is 0 Å². The molecule has 0 bridgehead atoms. The van der Waals surface area contributed by atoms with Crippen LogP contribution in [0.3, 0.4) is 0 Å². The van der Waals surface area contributed by atoms with E-state index in [2.05, 4.69) is 0 Å². The number of benzene rings is 3. The second-order valence-electron chi connectivity index (χ2n) is 14.3. The Kier molecular flexibility index (Phi) is 15.1. The lowest BCUT2D eigenvalue weighted by Gasteiger charge is -2.45. The van der Waals surface area contributed by atoms with Gasteiger partial charge in [-0.2, -0.15) is 101 Å². The molecule has 0 aliphatic carbocycles. The normalized spacial score (nSPS) is 15.0. The largest absolute Gasteiger partial charge is 0.460 e. The minimum atomic E-state index is -9.57. The van der Waals surface area contributed by atoms with Crippen molar-refractivity contribution in [3.8, 4) is 0 Å². The molecular formula is C39H33F23O2S. The van der Waals surface area contributed by atoms with Crippen LogP contribution < -0.4 is 0 Å². The van der Waals surface area contributed by atoms with Gasteiger partial charge in [0.25, 0.3) is 0 Å². The fraction of sp³-hybridized carbons (Fsp3) is 0.513. The average Bonchev–Trinajstić information content (AvgIpc) is 3.20. The molecule has 0 amide bonds. The smallest absolute Gasteiger partial charge is 0.397 e. The van der Waals surface area contributed by atoms with Crippen molar-refractivity contribution in [3.05, 3.63) is 89.5 Å². The summed E-state index contributed by atoms with van der Waals surface area (Å²) in [5, 5.41) is 0. The van der Waals surface area contributed by atoms with Crippen LogP contribution in [0.5, 0.6) is 0 Å². The van der Waals surface area contributed by atoms with Crippen molar-refractivity contribution >= 4 is 16.3 Å². The highest BCUT2D eigenvalue weighted by atomic mass is 32.3. The van der Waals surface area contributed by atoms with Gasteiger partial charge in [-0.15, -0.1) is 0 Å². The van der Waals surface area contributed by atoms with Gasteiger partial charge in [0.2, 0.25) is 0 Å². The molecule has 0 aromatic heterocycles. The number of carbonyl (C=O) groups is 1. The van der Waals surface area contributed by atoms with E-state index in [9.17, 15) is 79.4 Å². The molecule has 0 radical (unpaired) electrons. The molecule has 0 aliphatic rings. The van der Waals surface area contributed by atoms with E-state index < -0.39 is 91.5 Å². The maximum absolute atomic E-state index is 15.9. The molecule has 3 aromatic carbocycles. The number of hydrogen-bond acceptors (Lipinski definition) is 2. The van der Waals surface area contributed by atoms with Crippen LogP contribution in [0, 0.1) is 0 Å². The van der Waals surface area contributed by atoms with Crippen LogP contribution >= 0.6 is 10.3 Å².